The van der Waals surface area contributed by atoms with Crippen molar-refractivity contribution in [1.82, 2.24) is 4.98 Å². The number of aromatic amines is 1. The first-order valence-electron chi connectivity index (χ1n) is 12.0. The van der Waals surface area contributed by atoms with Gasteiger partial charge in [0.2, 0.25) is 0 Å². The number of ether oxygens (including phenoxy) is 3. The molecule has 1 saturated carbocycles. The van der Waals surface area contributed by atoms with Gasteiger partial charge in [0.05, 0.1) is 25.3 Å². The number of rotatable bonds is 6. The number of unbranched alkanes of at least 4 members (excludes halogenated alkanes) is 1. The topological polar surface area (TPSA) is 60.5 Å². The number of benzene rings is 2. The van der Waals surface area contributed by atoms with Gasteiger partial charge >= 0.3 is 0 Å². The van der Waals surface area contributed by atoms with Crippen LogP contribution in [-0.4, -0.2) is 24.8 Å². The molecule has 1 aliphatic carbocycles. The number of pyridine rings is 1. The highest BCUT2D eigenvalue weighted by Gasteiger charge is 2.61. The Bertz CT molecular complexity index is 1240. The average molecular weight is 448 g/mol. The van der Waals surface area contributed by atoms with Crippen molar-refractivity contribution in [3.8, 4) is 17.2 Å². The number of hydrogen-bond donors (Lipinski definition) is 1. The second-order valence-electron chi connectivity index (χ2n) is 9.95. The van der Waals surface area contributed by atoms with Crippen LogP contribution in [0.5, 0.6) is 17.2 Å². The molecule has 0 radical (unpaired) electrons. The molecule has 174 valence electrons. The molecule has 33 heavy (non-hydrogen) atoms. The van der Waals surface area contributed by atoms with Gasteiger partial charge in [-0.2, -0.15) is 0 Å². The number of hydrogen-bond acceptors (Lipinski definition) is 4. The van der Waals surface area contributed by atoms with Crippen LogP contribution in [0, 0.1) is 11.8 Å². The van der Waals surface area contributed by atoms with Crippen LogP contribution in [0.25, 0.3) is 10.9 Å². The summed E-state index contributed by atoms with van der Waals surface area (Å²) in [5.74, 6) is 3.23. The van der Waals surface area contributed by atoms with E-state index in [1.165, 1.54) is 5.56 Å². The van der Waals surface area contributed by atoms with E-state index in [1.54, 1.807) is 14.2 Å². The summed E-state index contributed by atoms with van der Waals surface area (Å²) in [5.41, 5.74) is 2.42. The van der Waals surface area contributed by atoms with E-state index >= 15 is 0 Å². The lowest BCUT2D eigenvalue weighted by Gasteiger charge is -2.61. The largest absolute Gasteiger partial charge is 0.493 e. The van der Waals surface area contributed by atoms with Gasteiger partial charge in [0.25, 0.3) is 5.56 Å². The summed E-state index contributed by atoms with van der Waals surface area (Å²) in [6.45, 7) is 6.61. The van der Waals surface area contributed by atoms with Gasteiger partial charge in [-0.25, -0.2) is 0 Å². The molecule has 2 aliphatic rings. The van der Waals surface area contributed by atoms with E-state index in [9.17, 15) is 4.79 Å². The molecule has 0 bridgehead atoms. The summed E-state index contributed by atoms with van der Waals surface area (Å²) in [6, 6.07) is 14.1. The van der Waals surface area contributed by atoms with Crippen LogP contribution >= 0.6 is 0 Å². The van der Waals surface area contributed by atoms with E-state index in [2.05, 4.69) is 37.9 Å². The molecule has 5 nitrogen and oxygen atoms in total. The van der Waals surface area contributed by atoms with Crippen molar-refractivity contribution in [2.24, 2.45) is 11.8 Å². The van der Waals surface area contributed by atoms with Crippen LogP contribution in [0.4, 0.5) is 0 Å². The Labute approximate surface area is 195 Å². The summed E-state index contributed by atoms with van der Waals surface area (Å²) >= 11 is 0. The van der Waals surface area contributed by atoms with Crippen LogP contribution in [0.3, 0.4) is 0 Å². The Morgan fingerprint density at radius 3 is 2.52 bits per heavy atom. The lowest BCUT2D eigenvalue weighted by Crippen LogP contribution is -2.59. The van der Waals surface area contributed by atoms with Crippen molar-refractivity contribution in [3.63, 3.8) is 0 Å². The third kappa shape index (κ3) is 3.32. The molecule has 3 aromatic rings. The second kappa shape index (κ2) is 8.12. The molecular weight excluding hydrogens is 414 g/mol. The van der Waals surface area contributed by atoms with E-state index in [0.717, 1.165) is 53.0 Å². The highest BCUT2D eigenvalue weighted by atomic mass is 16.5. The SMILES string of the molecule is CCCC[C@@H]1[C@@H](c2ccc(OC)c(OC)c2)[C@H]2c3c(c4ccccc4[nH]c3=O)OC(C)(C)[C@@H]12. The molecule has 0 unspecified atom stereocenters. The van der Waals surface area contributed by atoms with Gasteiger partial charge in [0.15, 0.2) is 11.5 Å². The summed E-state index contributed by atoms with van der Waals surface area (Å²) < 4.78 is 17.8. The van der Waals surface area contributed by atoms with E-state index in [1.807, 2.05) is 30.3 Å². The maximum absolute atomic E-state index is 13.4. The van der Waals surface area contributed by atoms with E-state index in [-0.39, 0.29) is 28.9 Å². The minimum absolute atomic E-state index is 0.0337. The van der Waals surface area contributed by atoms with Crippen LogP contribution in [0.15, 0.2) is 47.3 Å². The molecule has 0 spiro atoms. The van der Waals surface area contributed by atoms with Crippen LogP contribution in [0.2, 0.25) is 0 Å². The van der Waals surface area contributed by atoms with Crippen molar-refractivity contribution < 1.29 is 14.2 Å². The van der Waals surface area contributed by atoms with Gasteiger partial charge in [-0.3, -0.25) is 4.79 Å². The molecule has 1 N–H and O–H groups in total. The average Bonchev–Trinajstić information content (AvgIpc) is 2.79. The van der Waals surface area contributed by atoms with Gasteiger partial charge < -0.3 is 19.2 Å². The third-order valence-electron chi connectivity index (χ3n) is 7.79. The first-order chi connectivity index (χ1) is 15.9. The molecule has 1 fully saturated rings. The molecule has 4 atom stereocenters. The Morgan fingerprint density at radius 2 is 1.79 bits per heavy atom. The number of para-hydroxylation sites is 1. The molecule has 2 heterocycles. The monoisotopic (exact) mass is 447 g/mol. The fraction of sp³-hybridized carbons (Fsp3) is 0.464. The highest BCUT2D eigenvalue weighted by molar-refractivity contribution is 5.86. The van der Waals surface area contributed by atoms with E-state index < -0.39 is 0 Å². The minimum atomic E-state index is -0.361. The maximum atomic E-state index is 13.4. The Balaban J connectivity index is 1.70. The highest BCUT2D eigenvalue weighted by Crippen LogP contribution is 2.66. The lowest BCUT2D eigenvalue weighted by atomic mass is 9.46. The first-order valence-corrected chi connectivity index (χ1v) is 12.0. The van der Waals surface area contributed by atoms with Gasteiger partial charge in [0.1, 0.15) is 11.4 Å². The van der Waals surface area contributed by atoms with E-state index in [0.29, 0.717) is 5.92 Å². The van der Waals surface area contributed by atoms with Crippen molar-refractivity contribution in [3.05, 3.63) is 63.9 Å². The van der Waals surface area contributed by atoms with E-state index in [4.69, 9.17) is 14.2 Å². The Morgan fingerprint density at radius 1 is 1.03 bits per heavy atom. The predicted octanol–water partition coefficient (Wildman–Crippen LogP) is 6.02. The maximum Gasteiger partial charge on any atom is 0.255 e. The molecule has 0 saturated heterocycles. The van der Waals surface area contributed by atoms with Crippen molar-refractivity contribution >= 4 is 10.9 Å². The summed E-state index contributed by atoms with van der Waals surface area (Å²) in [5, 5.41) is 0.974. The fourth-order valence-electron chi connectivity index (χ4n) is 6.43. The summed E-state index contributed by atoms with van der Waals surface area (Å²) in [4.78, 5) is 16.5. The summed E-state index contributed by atoms with van der Waals surface area (Å²) in [6.07, 6.45) is 3.43. The van der Waals surface area contributed by atoms with Gasteiger partial charge in [-0.15, -0.1) is 0 Å². The molecule has 0 amide bonds. The van der Waals surface area contributed by atoms with Crippen LogP contribution in [-0.2, 0) is 0 Å². The zero-order valence-electron chi connectivity index (χ0n) is 20.1. The minimum Gasteiger partial charge on any atom is -0.493 e. The molecule has 1 aliphatic heterocycles. The molecule has 5 rings (SSSR count). The normalized spacial score (nSPS) is 24.9. The number of methoxy groups -OCH3 is 2. The lowest BCUT2D eigenvalue weighted by molar-refractivity contribution is -0.0922. The molecule has 1 aromatic heterocycles. The number of fused-ring (bicyclic) bond motifs is 5. The summed E-state index contributed by atoms with van der Waals surface area (Å²) in [7, 11) is 3.33. The Kier molecular flexibility index (Phi) is 5.38. The van der Waals surface area contributed by atoms with Gasteiger partial charge in [-0.1, -0.05) is 38.0 Å². The van der Waals surface area contributed by atoms with Gasteiger partial charge in [0, 0.05) is 17.2 Å². The quantitative estimate of drug-likeness (QED) is 0.502. The van der Waals surface area contributed by atoms with Gasteiger partial charge in [-0.05, 0) is 61.9 Å². The Hall–Kier alpha value is -2.95. The number of nitrogens with one attached hydrogen (secondary N) is 1. The molecule has 5 heteroatoms. The second-order valence-corrected chi connectivity index (χ2v) is 9.95. The molecular formula is C28H33NO4. The first kappa shape index (κ1) is 21.9. The van der Waals surface area contributed by atoms with Crippen molar-refractivity contribution in [2.45, 2.75) is 57.5 Å². The standard InChI is InChI=1S/C28H33NO4/c1-6-7-10-18-22(16-13-14-20(31-4)21(15-16)32-5)23-24-26(33-28(2,3)25(18)23)17-11-8-9-12-19(17)29-27(24)30/h8-9,11-15,18,22-23,25H,6-7,10H2,1-5H3,(H,29,30)/t18-,22-,23+,25+/m1/s1. The smallest absolute Gasteiger partial charge is 0.255 e. The van der Waals surface area contributed by atoms with Crippen LogP contribution < -0.4 is 19.8 Å². The predicted molar refractivity (Wildman–Crippen MR) is 131 cm³/mol. The van der Waals surface area contributed by atoms with Crippen LogP contribution in [0.1, 0.15) is 63.0 Å². The van der Waals surface area contributed by atoms with Crippen molar-refractivity contribution in [1.29, 1.82) is 0 Å². The zero-order valence-corrected chi connectivity index (χ0v) is 20.1. The number of aromatic nitrogens is 1. The fourth-order valence-corrected chi connectivity index (χ4v) is 6.43. The molecule has 2 aromatic carbocycles. The number of H-pyrrole nitrogens is 1. The zero-order chi connectivity index (χ0) is 23.3. The van der Waals surface area contributed by atoms with Crippen molar-refractivity contribution in [2.75, 3.05) is 14.2 Å². The third-order valence-corrected chi connectivity index (χ3v) is 7.79.